The van der Waals surface area contributed by atoms with Gasteiger partial charge in [-0.15, -0.1) is 0 Å². The molecule has 3 N–H and O–H groups in total. The van der Waals surface area contributed by atoms with E-state index in [0.29, 0.717) is 5.92 Å². The molecule has 9 heteroatoms. The van der Waals surface area contributed by atoms with Crippen LogP contribution in [0.25, 0.3) is 0 Å². The van der Waals surface area contributed by atoms with E-state index in [1.54, 1.807) is 6.08 Å². The lowest BCUT2D eigenvalue weighted by Crippen LogP contribution is -1.95. The number of rotatable bonds is 6. The maximum absolute atomic E-state index is 11.0. The minimum absolute atomic E-state index is 0.212. The van der Waals surface area contributed by atoms with Gasteiger partial charge in [0.25, 0.3) is 0 Å². The van der Waals surface area contributed by atoms with E-state index >= 15 is 0 Å². The Hall–Kier alpha value is -0.0000000000000000416. The highest BCUT2D eigenvalue weighted by Gasteiger charge is 2.32. The predicted molar refractivity (Wildman–Crippen MR) is 55.4 cm³/mol. The van der Waals surface area contributed by atoms with Crippen LogP contribution in [0.1, 0.15) is 19.8 Å². The van der Waals surface area contributed by atoms with Crippen LogP contribution in [-0.2, 0) is 18.0 Å². The van der Waals surface area contributed by atoms with Crippen LogP contribution in [0.3, 0.4) is 0 Å². The summed E-state index contributed by atoms with van der Waals surface area (Å²) in [5.74, 6) is 0.504. The van der Waals surface area contributed by atoms with Gasteiger partial charge in [-0.05, 0) is 25.7 Å². The fourth-order valence-corrected chi connectivity index (χ4v) is 2.65. The van der Waals surface area contributed by atoms with E-state index in [1.807, 2.05) is 6.92 Å². The third-order valence-electron chi connectivity index (χ3n) is 2.07. The molecule has 16 heavy (non-hydrogen) atoms. The molecule has 1 saturated carbocycles. The van der Waals surface area contributed by atoms with Crippen molar-refractivity contribution in [1.82, 2.24) is 0 Å². The smallest absolute Gasteiger partial charge is 0.302 e. The molecule has 0 heterocycles. The lowest BCUT2D eigenvalue weighted by atomic mass is 10.2. The molecule has 1 atom stereocenters. The van der Waals surface area contributed by atoms with Crippen molar-refractivity contribution in [2.24, 2.45) is 5.92 Å². The maximum atomic E-state index is 11.0. The van der Waals surface area contributed by atoms with Gasteiger partial charge in [-0.25, -0.2) is 9.13 Å². The minimum atomic E-state index is -5.02. The molecule has 1 unspecified atom stereocenters. The molecule has 0 amide bonds. The standard InChI is InChI=1S/C7H14O7P2/c1-6(7-2-3-7)4-5-13-16(11,12)14-15(8,9)10/h4,7H,2-3,5H2,1H3,(H,11,12)(H2,8,9,10)/b6-4-. The molecule has 0 aromatic carbocycles. The number of phosphoric acid groups is 2. The zero-order valence-electron chi connectivity index (χ0n) is 8.65. The Bertz CT molecular complexity index is 367. The Balaban J connectivity index is 2.38. The quantitative estimate of drug-likeness (QED) is 0.496. The van der Waals surface area contributed by atoms with E-state index in [4.69, 9.17) is 14.7 Å². The average Bonchev–Trinajstić information content (AvgIpc) is 2.79. The first-order valence-electron chi connectivity index (χ1n) is 4.60. The first kappa shape index (κ1) is 14.1. The van der Waals surface area contributed by atoms with Crippen LogP contribution in [0.15, 0.2) is 11.6 Å². The molecule has 1 aliphatic carbocycles. The molecule has 0 bridgehead atoms. The van der Waals surface area contributed by atoms with Gasteiger partial charge in [0.2, 0.25) is 0 Å². The largest absolute Gasteiger partial charge is 0.481 e. The van der Waals surface area contributed by atoms with Gasteiger partial charge >= 0.3 is 15.6 Å². The molecule has 0 aliphatic heterocycles. The summed E-state index contributed by atoms with van der Waals surface area (Å²) >= 11 is 0. The maximum Gasteiger partial charge on any atom is 0.481 e. The second kappa shape index (κ2) is 5.10. The van der Waals surface area contributed by atoms with Crippen molar-refractivity contribution in [3.05, 3.63) is 11.6 Å². The molecule has 0 aromatic heterocycles. The van der Waals surface area contributed by atoms with Crippen molar-refractivity contribution < 1.29 is 32.6 Å². The Labute approximate surface area is 92.9 Å². The zero-order chi connectivity index (χ0) is 12.4. The highest BCUT2D eigenvalue weighted by molar-refractivity contribution is 7.60. The summed E-state index contributed by atoms with van der Waals surface area (Å²) in [5.41, 5.74) is 1.04. The molecule has 0 aromatic rings. The molecular weight excluding hydrogens is 258 g/mol. The molecule has 94 valence electrons. The van der Waals surface area contributed by atoms with Gasteiger partial charge in [0.1, 0.15) is 0 Å². The summed E-state index contributed by atoms with van der Waals surface area (Å²) in [6.07, 6.45) is 3.79. The number of allylic oxidation sites excluding steroid dienone is 1. The second-order valence-corrected chi connectivity index (χ2v) is 6.39. The van der Waals surface area contributed by atoms with Crippen molar-refractivity contribution >= 4 is 15.6 Å². The lowest BCUT2D eigenvalue weighted by Gasteiger charge is -2.11. The fourth-order valence-electron chi connectivity index (χ4n) is 1.13. The third kappa shape index (κ3) is 5.92. The monoisotopic (exact) mass is 272 g/mol. The third-order valence-corrected chi connectivity index (χ3v) is 4.23. The summed E-state index contributed by atoms with van der Waals surface area (Å²) in [6, 6.07) is 0. The fraction of sp³-hybridized carbons (Fsp3) is 0.714. The predicted octanol–water partition coefficient (Wildman–Crippen LogP) is 1.57. The van der Waals surface area contributed by atoms with E-state index < -0.39 is 15.6 Å². The van der Waals surface area contributed by atoms with Crippen molar-refractivity contribution in [2.75, 3.05) is 6.61 Å². The van der Waals surface area contributed by atoms with Crippen LogP contribution in [0.2, 0.25) is 0 Å². The van der Waals surface area contributed by atoms with Crippen LogP contribution in [-0.4, -0.2) is 21.3 Å². The van der Waals surface area contributed by atoms with Crippen LogP contribution < -0.4 is 0 Å². The Kier molecular flexibility index (Phi) is 4.49. The number of hydrogen-bond donors (Lipinski definition) is 3. The normalized spacial score (nSPS) is 21.9. The molecule has 0 spiro atoms. The topological polar surface area (TPSA) is 113 Å². The van der Waals surface area contributed by atoms with E-state index in [-0.39, 0.29) is 6.61 Å². The van der Waals surface area contributed by atoms with E-state index in [1.165, 1.54) is 0 Å². The van der Waals surface area contributed by atoms with Gasteiger partial charge in [-0.1, -0.05) is 11.6 Å². The van der Waals surface area contributed by atoms with Crippen LogP contribution >= 0.6 is 15.6 Å². The average molecular weight is 272 g/mol. The van der Waals surface area contributed by atoms with Gasteiger partial charge in [0.15, 0.2) is 0 Å². The van der Waals surface area contributed by atoms with Gasteiger partial charge in [0, 0.05) is 0 Å². The Morgan fingerprint density at radius 1 is 1.38 bits per heavy atom. The van der Waals surface area contributed by atoms with Gasteiger partial charge in [-0.2, -0.15) is 4.31 Å². The van der Waals surface area contributed by atoms with Gasteiger partial charge < -0.3 is 14.7 Å². The van der Waals surface area contributed by atoms with Gasteiger partial charge in [0.05, 0.1) is 6.61 Å². The first-order chi connectivity index (χ1) is 7.20. The van der Waals surface area contributed by atoms with Crippen LogP contribution in [0.5, 0.6) is 0 Å². The molecule has 1 rings (SSSR count). The molecule has 1 aliphatic rings. The summed E-state index contributed by atoms with van der Waals surface area (Å²) in [4.78, 5) is 25.5. The van der Waals surface area contributed by atoms with Crippen molar-refractivity contribution in [2.45, 2.75) is 19.8 Å². The molecule has 0 radical (unpaired) electrons. The number of hydrogen-bond acceptors (Lipinski definition) is 4. The Morgan fingerprint density at radius 2 is 1.94 bits per heavy atom. The zero-order valence-corrected chi connectivity index (χ0v) is 10.4. The lowest BCUT2D eigenvalue weighted by molar-refractivity contribution is 0.191. The van der Waals surface area contributed by atoms with Crippen molar-refractivity contribution in [3.63, 3.8) is 0 Å². The van der Waals surface area contributed by atoms with Crippen LogP contribution in [0.4, 0.5) is 0 Å². The highest BCUT2D eigenvalue weighted by Crippen LogP contribution is 2.57. The SMILES string of the molecule is C/C(=C/COP(=O)(O)OP(=O)(O)O)C1CC1. The summed E-state index contributed by atoms with van der Waals surface area (Å²) in [6.45, 7) is 1.66. The molecule has 1 fully saturated rings. The van der Waals surface area contributed by atoms with Crippen molar-refractivity contribution in [3.8, 4) is 0 Å². The van der Waals surface area contributed by atoms with E-state index in [9.17, 15) is 9.13 Å². The summed E-state index contributed by atoms with van der Waals surface area (Å²) in [7, 11) is -9.70. The molecule has 0 saturated heterocycles. The Morgan fingerprint density at radius 3 is 2.38 bits per heavy atom. The highest BCUT2D eigenvalue weighted by atomic mass is 31.3. The minimum Gasteiger partial charge on any atom is -0.302 e. The summed E-state index contributed by atoms with van der Waals surface area (Å²) in [5, 5.41) is 0. The molecular formula is C7H14O7P2. The van der Waals surface area contributed by atoms with E-state index in [2.05, 4.69) is 8.83 Å². The van der Waals surface area contributed by atoms with Gasteiger partial charge in [-0.3, -0.25) is 4.52 Å². The van der Waals surface area contributed by atoms with Crippen LogP contribution in [0, 0.1) is 5.92 Å². The first-order valence-corrected chi connectivity index (χ1v) is 7.63. The second-order valence-electron chi connectivity index (χ2n) is 3.56. The van der Waals surface area contributed by atoms with E-state index in [0.717, 1.165) is 18.4 Å². The summed E-state index contributed by atoms with van der Waals surface area (Å²) < 4.78 is 29.3. The molecule has 7 nitrogen and oxygen atoms in total. The number of phosphoric ester groups is 1. The van der Waals surface area contributed by atoms with Crippen molar-refractivity contribution in [1.29, 1.82) is 0 Å².